The minimum Gasteiger partial charge on any atom is -0.341 e. The standard InChI is InChI=1S/C13H22N4O2/c1-10-14-12(19-15-10)13(2)6-5-7-17(9-13)11(18)8-16(3)4/h5-9H2,1-4H3. The molecule has 1 unspecified atom stereocenters. The van der Waals surface area contributed by atoms with Crippen molar-refractivity contribution in [1.29, 1.82) is 0 Å². The Morgan fingerprint density at radius 3 is 2.84 bits per heavy atom. The van der Waals surface area contributed by atoms with E-state index in [1.807, 2.05) is 30.8 Å². The van der Waals surface area contributed by atoms with Crippen LogP contribution in [0.15, 0.2) is 4.52 Å². The van der Waals surface area contributed by atoms with Crippen LogP contribution in [-0.2, 0) is 10.2 Å². The molecule has 0 aliphatic carbocycles. The Bertz CT molecular complexity index is 457. The zero-order valence-corrected chi connectivity index (χ0v) is 12.1. The molecule has 0 saturated carbocycles. The van der Waals surface area contributed by atoms with Gasteiger partial charge in [-0.3, -0.25) is 4.79 Å². The number of nitrogens with zero attached hydrogens (tertiary/aromatic N) is 4. The average molecular weight is 266 g/mol. The first kappa shape index (κ1) is 14.0. The fraction of sp³-hybridized carbons (Fsp3) is 0.769. The van der Waals surface area contributed by atoms with Crippen LogP contribution in [0.5, 0.6) is 0 Å². The van der Waals surface area contributed by atoms with Crippen LogP contribution in [0.3, 0.4) is 0 Å². The molecule has 0 radical (unpaired) electrons. The van der Waals surface area contributed by atoms with Crippen molar-refractivity contribution < 1.29 is 9.32 Å². The third-order valence-corrected chi connectivity index (χ3v) is 3.54. The summed E-state index contributed by atoms with van der Waals surface area (Å²) >= 11 is 0. The lowest BCUT2D eigenvalue weighted by Gasteiger charge is -2.38. The molecule has 1 aliphatic rings. The maximum absolute atomic E-state index is 12.2. The molecule has 1 atom stereocenters. The summed E-state index contributed by atoms with van der Waals surface area (Å²) < 4.78 is 5.31. The lowest BCUT2D eigenvalue weighted by atomic mass is 9.81. The van der Waals surface area contributed by atoms with Gasteiger partial charge in [0.2, 0.25) is 11.8 Å². The Morgan fingerprint density at radius 1 is 1.53 bits per heavy atom. The van der Waals surface area contributed by atoms with E-state index in [0.29, 0.717) is 24.8 Å². The molecule has 0 spiro atoms. The van der Waals surface area contributed by atoms with Crippen LogP contribution in [0.25, 0.3) is 0 Å². The van der Waals surface area contributed by atoms with Crippen LogP contribution in [0.4, 0.5) is 0 Å². The molecule has 1 saturated heterocycles. The minimum absolute atomic E-state index is 0.159. The first-order chi connectivity index (χ1) is 8.90. The quantitative estimate of drug-likeness (QED) is 0.810. The van der Waals surface area contributed by atoms with Crippen LogP contribution < -0.4 is 0 Å². The zero-order valence-electron chi connectivity index (χ0n) is 12.1. The maximum atomic E-state index is 12.2. The summed E-state index contributed by atoms with van der Waals surface area (Å²) in [7, 11) is 3.81. The second-order valence-corrected chi connectivity index (χ2v) is 5.86. The van der Waals surface area contributed by atoms with Gasteiger partial charge in [0, 0.05) is 13.1 Å². The second kappa shape index (κ2) is 5.28. The molecule has 1 fully saturated rings. The van der Waals surface area contributed by atoms with E-state index in [9.17, 15) is 4.79 Å². The summed E-state index contributed by atoms with van der Waals surface area (Å²) in [4.78, 5) is 20.3. The number of carbonyl (C=O) groups excluding carboxylic acids is 1. The minimum atomic E-state index is -0.221. The van der Waals surface area contributed by atoms with Crippen LogP contribution in [0.1, 0.15) is 31.5 Å². The molecule has 2 heterocycles. The lowest BCUT2D eigenvalue weighted by Crippen LogP contribution is -2.49. The first-order valence-electron chi connectivity index (χ1n) is 6.64. The summed E-state index contributed by atoms with van der Waals surface area (Å²) in [5.41, 5.74) is -0.221. The van der Waals surface area contributed by atoms with Crippen molar-refractivity contribution in [3.8, 4) is 0 Å². The highest BCUT2D eigenvalue weighted by Gasteiger charge is 2.38. The fourth-order valence-corrected chi connectivity index (χ4v) is 2.54. The van der Waals surface area contributed by atoms with E-state index < -0.39 is 0 Å². The van der Waals surface area contributed by atoms with Crippen molar-refractivity contribution >= 4 is 5.91 Å². The number of likely N-dealkylation sites (tertiary alicyclic amines) is 1. The predicted octanol–water partition coefficient (Wildman–Crippen LogP) is 0.820. The Hall–Kier alpha value is -1.43. The van der Waals surface area contributed by atoms with Crippen molar-refractivity contribution in [2.24, 2.45) is 0 Å². The van der Waals surface area contributed by atoms with Crippen molar-refractivity contribution in [2.45, 2.75) is 32.1 Å². The molecular weight excluding hydrogens is 244 g/mol. The molecule has 0 aromatic carbocycles. The third-order valence-electron chi connectivity index (χ3n) is 3.54. The van der Waals surface area contributed by atoms with Gasteiger partial charge in [-0.1, -0.05) is 5.16 Å². The number of aromatic nitrogens is 2. The second-order valence-electron chi connectivity index (χ2n) is 5.86. The summed E-state index contributed by atoms with van der Waals surface area (Å²) in [6.45, 7) is 5.82. The topological polar surface area (TPSA) is 62.5 Å². The van der Waals surface area contributed by atoms with Gasteiger partial charge in [-0.2, -0.15) is 4.98 Å². The van der Waals surface area contributed by atoms with E-state index in [1.165, 1.54) is 0 Å². The van der Waals surface area contributed by atoms with E-state index in [4.69, 9.17) is 4.52 Å². The largest absolute Gasteiger partial charge is 0.341 e. The smallest absolute Gasteiger partial charge is 0.236 e. The number of rotatable bonds is 3. The maximum Gasteiger partial charge on any atom is 0.236 e. The average Bonchev–Trinajstić information content (AvgIpc) is 2.76. The van der Waals surface area contributed by atoms with Crippen molar-refractivity contribution in [3.63, 3.8) is 0 Å². The van der Waals surface area contributed by atoms with Gasteiger partial charge in [-0.15, -0.1) is 0 Å². The van der Waals surface area contributed by atoms with E-state index >= 15 is 0 Å². The number of carbonyl (C=O) groups is 1. The van der Waals surface area contributed by atoms with Gasteiger partial charge in [0.25, 0.3) is 0 Å². The highest BCUT2D eigenvalue weighted by Crippen LogP contribution is 2.32. The third kappa shape index (κ3) is 3.12. The number of piperidine rings is 1. The molecule has 1 aromatic heterocycles. The van der Waals surface area contributed by atoms with Gasteiger partial charge in [0.15, 0.2) is 5.82 Å². The number of hydrogen-bond donors (Lipinski definition) is 0. The number of amides is 1. The van der Waals surface area contributed by atoms with Gasteiger partial charge in [-0.05, 0) is 40.8 Å². The summed E-state index contributed by atoms with van der Waals surface area (Å²) in [6.07, 6.45) is 1.94. The molecule has 0 N–H and O–H groups in total. The van der Waals surface area contributed by atoms with Crippen LogP contribution in [0, 0.1) is 6.92 Å². The summed E-state index contributed by atoms with van der Waals surface area (Å²) in [6, 6.07) is 0. The fourth-order valence-electron chi connectivity index (χ4n) is 2.54. The number of hydrogen-bond acceptors (Lipinski definition) is 5. The molecule has 6 nitrogen and oxygen atoms in total. The lowest BCUT2D eigenvalue weighted by molar-refractivity contribution is -0.134. The Morgan fingerprint density at radius 2 is 2.26 bits per heavy atom. The Balaban J connectivity index is 2.10. The van der Waals surface area contributed by atoms with Crippen LogP contribution in [-0.4, -0.2) is 59.6 Å². The molecule has 0 bridgehead atoms. The van der Waals surface area contributed by atoms with Crippen molar-refractivity contribution in [1.82, 2.24) is 19.9 Å². The SMILES string of the molecule is Cc1noc(C2(C)CCCN(C(=O)CN(C)C)C2)n1. The van der Waals surface area contributed by atoms with Crippen molar-refractivity contribution in [3.05, 3.63) is 11.7 Å². The highest BCUT2D eigenvalue weighted by molar-refractivity contribution is 5.78. The number of likely N-dealkylation sites (N-methyl/N-ethyl adjacent to an activating group) is 1. The zero-order chi connectivity index (χ0) is 14.0. The molecular formula is C13H22N4O2. The van der Waals surface area contributed by atoms with E-state index in [0.717, 1.165) is 19.4 Å². The molecule has 2 rings (SSSR count). The molecule has 6 heteroatoms. The highest BCUT2D eigenvalue weighted by atomic mass is 16.5. The van der Waals surface area contributed by atoms with Gasteiger partial charge in [0.1, 0.15) is 0 Å². The van der Waals surface area contributed by atoms with Crippen molar-refractivity contribution in [2.75, 3.05) is 33.7 Å². The molecule has 106 valence electrons. The van der Waals surface area contributed by atoms with E-state index in [2.05, 4.69) is 17.1 Å². The predicted molar refractivity (Wildman–Crippen MR) is 70.8 cm³/mol. The van der Waals surface area contributed by atoms with Crippen LogP contribution >= 0.6 is 0 Å². The number of aryl methyl sites for hydroxylation is 1. The van der Waals surface area contributed by atoms with Gasteiger partial charge in [-0.25, -0.2) is 0 Å². The van der Waals surface area contributed by atoms with Crippen LogP contribution in [0.2, 0.25) is 0 Å². The van der Waals surface area contributed by atoms with Gasteiger partial charge >= 0.3 is 0 Å². The van der Waals surface area contributed by atoms with Gasteiger partial charge < -0.3 is 14.3 Å². The molecule has 1 aromatic rings. The van der Waals surface area contributed by atoms with E-state index in [-0.39, 0.29) is 11.3 Å². The van der Waals surface area contributed by atoms with Gasteiger partial charge in [0.05, 0.1) is 12.0 Å². The molecule has 1 aliphatic heterocycles. The summed E-state index contributed by atoms with van der Waals surface area (Å²) in [5, 5.41) is 3.86. The normalized spacial score (nSPS) is 23.9. The summed E-state index contributed by atoms with van der Waals surface area (Å²) in [5.74, 6) is 1.45. The first-order valence-corrected chi connectivity index (χ1v) is 6.64. The monoisotopic (exact) mass is 266 g/mol. The Kier molecular flexibility index (Phi) is 3.89. The molecule has 1 amide bonds. The van der Waals surface area contributed by atoms with E-state index in [1.54, 1.807) is 0 Å². The molecule has 19 heavy (non-hydrogen) atoms. The Labute approximate surface area is 113 Å².